The number of halogens is 3. The van der Waals surface area contributed by atoms with Gasteiger partial charge in [0.05, 0.1) is 11.2 Å². The first-order valence-corrected chi connectivity index (χ1v) is 11.1. The van der Waals surface area contributed by atoms with E-state index in [-0.39, 0.29) is 28.9 Å². The molecule has 0 aliphatic heterocycles. The number of nitrogens with zero attached hydrogens (tertiary/aromatic N) is 1. The number of nitro benzene ring substituents is 1. The molecule has 0 saturated heterocycles. The van der Waals surface area contributed by atoms with Gasteiger partial charge >= 0.3 is 6.18 Å². The van der Waals surface area contributed by atoms with Crippen LogP contribution in [0.2, 0.25) is 0 Å². The van der Waals surface area contributed by atoms with E-state index in [9.17, 15) is 36.5 Å². The van der Waals surface area contributed by atoms with Crippen molar-refractivity contribution in [3.05, 3.63) is 68.8 Å². The standard InChI is InChI=1S/C20H21F3N2O6S/c1-5-13-10-15(19(3,20(21,22)23)31-32(4,29)30)9-12(2)17(13)24-18(26)14-7-6-8-16(11-14)25(27)28/h6-11H,5H2,1-4H3,(H,24,26). The molecule has 32 heavy (non-hydrogen) atoms. The molecule has 0 fully saturated rings. The lowest BCUT2D eigenvalue weighted by Gasteiger charge is -2.32. The van der Waals surface area contributed by atoms with Crippen LogP contribution >= 0.6 is 0 Å². The molecule has 2 rings (SSSR count). The van der Waals surface area contributed by atoms with E-state index >= 15 is 0 Å². The zero-order chi connectivity index (χ0) is 24.5. The molecule has 1 unspecified atom stereocenters. The predicted octanol–water partition coefficient (Wildman–Crippen LogP) is 4.47. The van der Waals surface area contributed by atoms with Crippen molar-refractivity contribution >= 4 is 27.4 Å². The van der Waals surface area contributed by atoms with Crippen molar-refractivity contribution in [2.45, 2.75) is 39.0 Å². The summed E-state index contributed by atoms with van der Waals surface area (Å²) >= 11 is 0. The monoisotopic (exact) mass is 474 g/mol. The van der Waals surface area contributed by atoms with Gasteiger partial charge in [0.2, 0.25) is 5.60 Å². The Morgan fingerprint density at radius 2 is 1.84 bits per heavy atom. The first-order chi connectivity index (χ1) is 14.6. The average molecular weight is 474 g/mol. The number of rotatable bonds is 7. The van der Waals surface area contributed by atoms with Gasteiger partial charge in [0, 0.05) is 23.4 Å². The summed E-state index contributed by atoms with van der Waals surface area (Å²) in [5, 5.41) is 13.5. The number of benzene rings is 2. The van der Waals surface area contributed by atoms with E-state index in [1.54, 1.807) is 6.92 Å². The summed E-state index contributed by atoms with van der Waals surface area (Å²) in [4.78, 5) is 22.9. The van der Waals surface area contributed by atoms with Crippen LogP contribution in [-0.4, -0.2) is 31.7 Å². The van der Waals surface area contributed by atoms with Crippen LogP contribution < -0.4 is 5.32 Å². The highest BCUT2D eigenvalue weighted by Crippen LogP contribution is 2.44. The molecule has 0 aromatic heterocycles. The Kier molecular flexibility index (Phi) is 7.00. The van der Waals surface area contributed by atoms with Crippen molar-refractivity contribution in [3.63, 3.8) is 0 Å². The number of carbonyl (C=O) groups excluding carboxylic acids is 1. The van der Waals surface area contributed by atoms with Gasteiger partial charge < -0.3 is 5.32 Å². The fourth-order valence-electron chi connectivity index (χ4n) is 3.10. The molecule has 174 valence electrons. The minimum absolute atomic E-state index is 0.00901. The first kappa shape index (κ1) is 25.3. The van der Waals surface area contributed by atoms with Crippen LogP contribution in [0.25, 0.3) is 0 Å². The molecule has 8 nitrogen and oxygen atoms in total. The summed E-state index contributed by atoms with van der Waals surface area (Å²) < 4.78 is 68.9. The zero-order valence-corrected chi connectivity index (χ0v) is 18.4. The molecular weight excluding hydrogens is 453 g/mol. The molecule has 12 heteroatoms. The van der Waals surface area contributed by atoms with Gasteiger partial charge in [-0.05, 0) is 43.0 Å². The van der Waals surface area contributed by atoms with E-state index in [2.05, 4.69) is 9.50 Å². The molecule has 0 aliphatic rings. The third-order valence-electron chi connectivity index (χ3n) is 4.77. The third-order valence-corrected chi connectivity index (χ3v) is 5.40. The van der Waals surface area contributed by atoms with Crippen LogP contribution in [-0.2, 0) is 26.3 Å². The molecule has 2 aromatic carbocycles. The zero-order valence-electron chi connectivity index (χ0n) is 17.6. The Bertz CT molecular complexity index is 1160. The number of nitro groups is 1. The highest BCUT2D eigenvalue weighted by Gasteiger charge is 2.56. The minimum atomic E-state index is -5.05. The summed E-state index contributed by atoms with van der Waals surface area (Å²) in [5.41, 5.74) is -3.14. The topological polar surface area (TPSA) is 116 Å². The molecule has 2 aromatic rings. The van der Waals surface area contributed by atoms with Gasteiger partial charge in [-0.3, -0.25) is 14.9 Å². The van der Waals surface area contributed by atoms with Crippen LogP contribution in [0.1, 0.15) is 40.9 Å². The van der Waals surface area contributed by atoms with Crippen molar-refractivity contribution in [2.75, 3.05) is 11.6 Å². The van der Waals surface area contributed by atoms with E-state index in [1.165, 1.54) is 25.1 Å². The Morgan fingerprint density at radius 3 is 2.34 bits per heavy atom. The highest BCUT2D eigenvalue weighted by atomic mass is 32.2. The lowest BCUT2D eigenvalue weighted by atomic mass is 9.90. The maximum Gasteiger partial charge on any atom is 0.422 e. The number of carbonyl (C=O) groups is 1. The molecule has 1 N–H and O–H groups in total. The van der Waals surface area contributed by atoms with Crippen molar-refractivity contribution in [1.29, 1.82) is 0 Å². The second-order valence-electron chi connectivity index (χ2n) is 7.26. The smallest absolute Gasteiger partial charge is 0.321 e. The molecular formula is C20H21F3N2O6S. The van der Waals surface area contributed by atoms with Crippen molar-refractivity contribution in [2.24, 2.45) is 0 Å². The first-order valence-electron chi connectivity index (χ1n) is 9.26. The summed E-state index contributed by atoms with van der Waals surface area (Å²) in [6.45, 7) is 3.70. The third kappa shape index (κ3) is 5.43. The number of hydrogen-bond donors (Lipinski definition) is 1. The van der Waals surface area contributed by atoms with Gasteiger partial charge in [0.25, 0.3) is 21.7 Å². The summed E-state index contributed by atoms with van der Waals surface area (Å²) in [6, 6.07) is 7.19. The summed E-state index contributed by atoms with van der Waals surface area (Å²) in [5.74, 6) is -0.690. The summed E-state index contributed by atoms with van der Waals surface area (Å²) in [7, 11) is -4.47. The maximum atomic E-state index is 13.8. The normalized spacial score (nSPS) is 14.0. The number of amides is 1. The quantitative estimate of drug-likeness (QED) is 0.360. The van der Waals surface area contributed by atoms with Crippen LogP contribution in [0.3, 0.4) is 0 Å². The van der Waals surface area contributed by atoms with Crippen LogP contribution in [0.4, 0.5) is 24.5 Å². The lowest BCUT2D eigenvalue weighted by molar-refractivity contribution is -0.384. The number of aryl methyl sites for hydroxylation is 2. The fraction of sp³-hybridized carbons (Fsp3) is 0.350. The SMILES string of the molecule is CCc1cc(C(C)(OS(C)(=O)=O)C(F)(F)F)cc(C)c1NC(=O)c1cccc([N+](=O)[O-])c1. The molecule has 1 amide bonds. The summed E-state index contributed by atoms with van der Waals surface area (Å²) in [6.07, 6.45) is -4.33. The molecule has 0 bridgehead atoms. The van der Waals surface area contributed by atoms with Crippen LogP contribution in [0, 0.1) is 17.0 Å². The van der Waals surface area contributed by atoms with Crippen LogP contribution in [0.5, 0.6) is 0 Å². The Morgan fingerprint density at radius 1 is 1.22 bits per heavy atom. The Balaban J connectivity index is 2.53. The van der Waals surface area contributed by atoms with Gasteiger partial charge in [0.1, 0.15) is 0 Å². The van der Waals surface area contributed by atoms with Gasteiger partial charge in [-0.1, -0.05) is 25.1 Å². The largest absolute Gasteiger partial charge is 0.422 e. The lowest BCUT2D eigenvalue weighted by Crippen LogP contribution is -2.43. The molecule has 1 atom stereocenters. The molecule has 0 heterocycles. The van der Waals surface area contributed by atoms with Gasteiger partial charge in [0.15, 0.2) is 0 Å². The number of nitrogens with one attached hydrogen (secondary N) is 1. The highest BCUT2D eigenvalue weighted by molar-refractivity contribution is 7.86. The van der Waals surface area contributed by atoms with Crippen molar-refractivity contribution in [1.82, 2.24) is 0 Å². The van der Waals surface area contributed by atoms with Crippen molar-refractivity contribution in [3.8, 4) is 0 Å². The van der Waals surface area contributed by atoms with Crippen LogP contribution in [0.15, 0.2) is 36.4 Å². The second kappa shape index (κ2) is 8.87. The van der Waals surface area contributed by atoms with Crippen molar-refractivity contribution < 1.29 is 35.5 Å². The van der Waals surface area contributed by atoms with E-state index in [0.29, 0.717) is 18.7 Å². The number of anilines is 1. The molecule has 0 spiro atoms. The molecule has 0 aliphatic carbocycles. The van der Waals surface area contributed by atoms with E-state index in [1.807, 2.05) is 0 Å². The maximum absolute atomic E-state index is 13.8. The van der Waals surface area contributed by atoms with E-state index in [0.717, 1.165) is 18.2 Å². The number of non-ortho nitro benzene ring substituents is 1. The average Bonchev–Trinajstić information content (AvgIpc) is 2.66. The van der Waals surface area contributed by atoms with E-state index in [4.69, 9.17) is 0 Å². The second-order valence-corrected chi connectivity index (χ2v) is 8.84. The number of hydrogen-bond acceptors (Lipinski definition) is 6. The van der Waals surface area contributed by atoms with Gasteiger partial charge in [-0.15, -0.1) is 0 Å². The molecule has 0 radical (unpaired) electrons. The predicted molar refractivity (Wildman–Crippen MR) is 111 cm³/mol. The van der Waals surface area contributed by atoms with Gasteiger partial charge in [-0.2, -0.15) is 21.6 Å². The minimum Gasteiger partial charge on any atom is -0.321 e. The fourth-order valence-corrected chi connectivity index (χ4v) is 3.90. The van der Waals surface area contributed by atoms with E-state index < -0.39 is 38.3 Å². The Hall–Kier alpha value is -2.99. The number of alkyl halides is 3. The molecule has 0 saturated carbocycles. The van der Waals surface area contributed by atoms with Gasteiger partial charge in [-0.25, -0.2) is 4.18 Å². The Labute approximate surface area is 182 Å².